The molecule has 1 aromatic heterocycles. The highest BCUT2D eigenvalue weighted by atomic mass is 32.2. The number of rotatable bonds is 6. The molecular weight excluding hydrogens is 405 g/mol. The van der Waals surface area contributed by atoms with E-state index in [2.05, 4.69) is 15.1 Å². The largest absolute Gasteiger partial charge is 0.497 e. The van der Waals surface area contributed by atoms with Crippen LogP contribution in [0.15, 0.2) is 60.0 Å². The fourth-order valence-corrected chi connectivity index (χ4v) is 4.16. The molecular formula is C21H22FN5O2S. The van der Waals surface area contributed by atoms with E-state index >= 15 is 0 Å². The molecule has 0 radical (unpaired) electrons. The number of carbonyl (C=O) groups is 1. The highest BCUT2D eigenvalue weighted by molar-refractivity contribution is 7.99. The van der Waals surface area contributed by atoms with E-state index in [4.69, 9.17) is 4.74 Å². The lowest BCUT2D eigenvalue weighted by Gasteiger charge is -2.36. The molecule has 1 aliphatic rings. The van der Waals surface area contributed by atoms with Crippen molar-refractivity contribution in [3.63, 3.8) is 0 Å². The highest BCUT2D eigenvalue weighted by Gasteiger charge is 2.22. The fraction of sp³-hybridized carbons (Fsp3) is 0.286. The van der Waals surface area contributed by atoms with E-state index in [0.717, 1.165) is 30.2 Å². The molecule has 4 rings (SSSR count). The molecule has 0 N–H and O–H groups in total. The van der Waals surface area contributed by atoms with Crippen LogP contribution in [-0.4, -0.2) is 64.6 Å². The summed E-state index contributed by atoms with van der Waals surface area (Å²) in [7, 11) is 1.63. The number of hydrogen-bond acceptors (Lipinski definition) is 6. The van der Waals surface area contributed by atoms with Gasteiger partial charge in [-0.25, -0.2) is 4.39 Å². The monoisotopic (exact) mass is 427 g/mol. The number of carbonyl (C=O) groups excluding carboxylic acids is 1. The summed E-state index contributed by atoms with van der Waals surface area (Å²) in [5, 5.41) is 8.80. The molecule has 0 aliphatic carbocycles. The number of benzene rings is 2. The van der Waals surface area contributed by atoms with Gasteiger partial charge in [0.25, 0.3) is 0 Å². The smallest absolute Gasteiger partial charge is 0.233 e. The lowest BCUT2D eigenvalue weighted by atomic mass is 10.2. The summed E-state index contributed by atoms with van der Waals surface area (Å²) in [6.07, 6.45) is 1.64. The molecule has 2 aromatic carbocycles. The number of thioether (sulfide) groups is 1. The van der Waals surface area contributed by atoms with Gasteiger partial charge in [0.2, 0.25) is 5.91 Å². The van der Waals surface area contributed by atoms with Crippen LogP contribution in [0.25, 0.3) is 5.69 Å². The normalized spacial score (nSPS) is 14.1. The number of aromatic nitrogens is 3. The van der Waals surface area contributed by atoms with Gasteiger partial charge in [0.15, 0.2) is 5.16 Å². The average Bonchev–Trinajstić information content (AvgIpc) is 3.27. The fourth-order valence-electron chi connectivity index (χ4n) is 3.33. The summed E-state index contributed by atoms with van der Waals surface area (Å²) in [5.74, 6) is 0.900. The minimum Gasteiger partial charge on any atom is -0.497 e. The van der Waals surface area contributed by atoms with Crippen LogP contribution in [0.2, 0.25) is 0 Å². The Morgan fingerprint density at radius 3 is 2.37 bits per heavy atom. The molecule has 0 spiro atoms. The first kappa shape index (κ1) is 20.2. The van der Waals surface area contributed by atoms with Gasteiger partial charge in [-0.3, -0.25) is 9.36 Å². The van der Waals surface area contributed by atoms with Crippen molar-refractivity contribution in [1.29, 1.82) is 0 Å². The lowest BCUT2D eigenvalue weighted by molar-refractivity contribution is -0.128. The van der Waals surface area contributed by atoms with Crippen LogP contribution in [0.4, 0.5) is 10.1 Å². The molecule has 2 heterocycles. The van der Waals surface area contributed by atoms with Crippen LogP contribution in [0, 0.1) is 5.82 Å². The van der Waals surface area contributed by atoms with Crippen molar-refractivity contribution in [2.24, 2.45) is 0 Å². The van der Waals surface area contributed by atoms with Crippen molar-refractivity contribution >= 4 is 23.4 Å². The van der Waals surface area contributed by atoms with Gasteiger partial charge in [-0.1, -0.05) is 11.8 Å². The first-order chi connectivity index (χ1) is 14.6. The second-order valence-corrected chi connectivity index (χ2v) is 7.76. The first-order valence-electron chi connectivity index (χ1n) is 9.59. The summed E-state index contributed by atoms with van der Waals surface area (Å²) in [6.45, 7) is 2.73. The number of nitrogens with zero attached hydrogens (tertiary/aromatic N) is 5. The molecule has 1 aliphatic heterocycles. The van der Waals surface area contributed by atoms with Gasteiger partial charge in [0.05, 0.1) is 12.9 Å². The lowest BCUT2D eigenvalue weighted by Crippen LogP contribution is -2.49. The number of hydrogen-bond donors (Lipinski definition) is 0. The van der Waals surface area contributed by atoms with Crippen molar-refractivity contribution in [1.82, 2.24) is 19.7 Å². The maximum atomic E-state index is 13.1. The molecule has 7 nitrogen and oxygen atoms in total. The Morgan fingerprint density at radius 1 is 1.03 bits per heavy atom. The van der Waals surface area contributed by atoms with E-state index in [0.29, 0.717) is 24.0 Å². The maximum Gasteiger partial charge on any atom is 0.233 e. The maximum absolute atomic E-state index is 13.1. The summed E-state index contributed by atoms with van der Waals surface area (Å²) >= 11 is 1.37. The quantitative estimate of drug-likeness (QED) is 0.564. The Hall–Kier alpha value is -3.07. The Balaban J connectivity index is 1.31. The van der Waals surface area contributed by atoms with Gasteiger partial charge in [-0.05, 0) is 48.5 Å². The van der Waals surface area contributed by atoms with Gasteiger partial charge in [-0.15, -0.1) is 10.2 Å². The second-order valence-electron chi connectivity index (χ2n) is 6.81. The minimum atomic E-state index is -0.243. The van der Waals surface area contributed by atoms with Crippen molar-refractivity contribution in [3.05, 3.63) is 60.7 Å². The third-order valence-electron chi connectivity index (χ3n) is 5.02. The number of anilines is 1. The van der Waals surface area contributed by atoms with E-state index in [1.165, 1.54) is 23.9 Å². The SMILES string of the molecule is COc1ccc(-n2cnnc2SCC(=O)N2CCN(c3ccc(F)cc3)CC2)cc1. The van der Waals surface area contributed by atoms with E-state index in [1.54, 1.807) is 25.6 Å². The van der Waals surface area contributed by atoms with Gasteiger partial charge in [0, 0.05) is 37.6 Å². The molecule has 0 unspecified atom stereocenters. The Morgan fingerprint density at radius 2 is 1.70 bits per heavy atom. The van der Waals surface area contributed by atoms with Crippen LogP contribution < -0.4 is 9.64 Å². The van der Waals surface area contributed by atoms with Crippen LogP contribution in [-0.2, 0) is 4.79 Å². The first-order valence-corrected chi connectivity index (χ1v) is 10.6. The number of amides is 1. The van der Waals surface area contributed by atoms with E-state index in [9.17, 15) is 9.18 Å². The van der Waals surface area contributed by atoms with Crippen LogP contribution in [0.1, 0.15) is 0 Å². The number of ether oxygens (including phenoxy) is 1. The van der Waals surface area contributed by atoms with Crippen molar-refractivity contribution in [2.45, 2.75) is 5.16 Å². The van der Waals surface area contributed by atoms with Gasteiger partial charge < -0.3 is 14.5 Å². The minimum absolute atomic E-state index is 0.0723. The highest BCUT2D eigenvalue weighted by Crippen LogP contribution is 2.22. The number of methoxy groups -OCH3 is 1. The predicted octanol–water partition coefficient (Wildman–Crippen LogP) is 2.86. The molecule has 30 heavy (non-hydrogen) atoms. The Bertz CT molecular complexity index is 985. The van der Waals surface area contributed by atoms with E-state index < -0.39 is 0 Å². The summed E-state index contributed by atoms with van der Waals surface area (Å²) in [4.78, 5) is 16.7. The molecule has 0 atom stereocenters. The molecule has 3 aromatic rings. The topological polar surface area (TPSA) is 63.5 Å². The second kappa shape index (κ2) is 9.17. The standard InChI is InChI=1S/C21H22FN5O2S/c1-29-19-8-6-18(7-9-19)27-15-23-24-21(27)30-14-20(28)26-12-10-25(11-13-26)17-4-2-16(22)3-5-17/h2-9,15H,10-14H2,1H3. The molecule has 9 heteroatoms. The zero-order valence-electron chi connectivity index (χ0n) is 16.6. The van der Waals surface area contributed by atoms with Gasteiger partial charge in [0.1, 0.15) is 17.9 Å². The summed E-state index contributed by atoms with van der Waals surface area (Å²) in [6, 6.07) is 14.0. The van der Waals surface area contributed by atoms with E-state index in [-0.39, 0.29) is 11.7 Å². The summed E-state index contributed by atoms with van der Waals surface area (Å²) < 4.78 is 20.1. The van der Waals surface area contributed by atoms with Crippen LogP contribution >= 0.6 is 11.8 Å². The molecule has 0 bridgehead atoms. The molecule has 156 valence electrons. The zero-order valence-corrected chi connectivity index (χ0v) is 17.4. The average molecular weight is 428 g/mol. The van der Waals surface area contributed by atoms with Crippen LogP contribution in [0.5, 0.6) is 5.75 Å². The summed E-state index contributed by atoms with van der Waals surface area (Å²) in [5.41, 5.74) is 1.88. The van der Waals surface area contributed by atoms with Crippen LogP contribution in [0.3, 0.4) is 0 Å². The van der Waals surface area contributed by atoms with Gasteiger partial charge in [-0.2, -0.15) is 0 Å². The van der Waals surface area contributed by atoms with Crippen molar-refractivity contribution < 1.29 is 13.9 Å². The van der Waals surface area contributed by atoms with E-state index in [1.807, 2.05) is 33.7 Å². The van der Waals surface area contributed by atoms with Gasteiger partial charge >= 0.3 is 0 Å². The molecule has 0 saturated carbocycles. The molecule has 1 saturated heterocycles. The Kier molecular flexibility index (Phi) is 6.18. The third kappa shape index (κ3) is 4.56. The number of piperazine rings is 1. The van der Waals surface area contributed by atoms with Crippen molar-refractivity contribution in [2.75, 3.05) is 43.9 Å². The zero-order chi connectivity index (χ0) is 20.9. The predicted molar refractivity (Wildman–Crippen MR) is 114 cm³/mol. The number of halogens is 1. The Labute approximate surface area is 178 Å². The molecule has 1 fully saturated rings. The molecule has 1 amide bonds. The van der Waals surface area contributed by atoms with Crippen molar-refractivity contribution in [3.8, 4) is 11.4 Å². The third-order valence-corrected chi connectivity index (χ3v) is 5.94.